The van der Waals surface area contributed by atoms with Crippen LogP contribution in [0.5, 0.6) is 0 Å². The molecule has 0 aromatic heterocycles. The van der Waals surface area contributed by atoms with Gasteiger partial charge in [-0.3, -0.25) is 9.59 Å². The van der Waals surface area contributed by atoms with Gasteiger partial charge in [0.1, 0.15) is 6.04 Å². The van der Waals surface area contributed by atoms with E-state index in [4.69, 9.17) is 0 Å². The van der Waals surface area contributed by atoms with E-state index in [1.54, 1.807) is 7.05 Å². The number of carbonyl (C=O) groups excluding carboxylic acids is 2. The molecule has 0 spiro atoms. The maximum atomic E-state index is 12.6. The van der Waals surface area contributed by atoms with Crippen LogP contribution in [0.15, 0.2) is 54.6 Å². The second kappa shape index (κ2) is 6.02. The van der Waals surface area contributed by atoms with E-state index in [-0.39, 0.29) is 11.8 Å². The highest BCUT2D eigenvalue weighted by Crippen LogP contribution is 2.29. The van der Waals surface area contributed by atoms with Crippen LogP contribution in [-0.2, 0) is 22.6 Å². The van der Waals surface area contributed by atoms with Crippen molar-refractivity contribution in [3.05, 3.63) is 71.3 Å². The Kier molecular flexibility index (Phi) is 3.92. The SMILES string of the molecule is CN1C(=O)Cc2ccccc2[C@H]1C(=O)NCc1ccccc1. The molecule has 2 aromatic rings. The van der Waals surface area contributed by atoms with Crippen LogP contribution < -0.4 is 5.32 Å². The lowest BCUT2D eigenvalue weighted by molar-refractivity contribution is -0.140. The normalized spacial score (nSPS) is 17.0. The van der Waals surface area contributed by atoms with E-state index in [0.29, 0.717) is 13.0 Å². The van der Waals surface area contributed by atoms with Crippen LogP contribution in [0.25, 0.3) is 0 Å². The average Bonchev–Trinajstić information content (AvgIpc) is 2.55. The fourth-order valence-corrected chi connectivity index (χ4v) is 2.80. The fraction of sp³-hybridized carbons (Fsp3) is 0.222. The molecule has 2 amide bonds. The number of nitrogens with one attached hydrogen (secondary N) is 1. The van der Waals surface area contributed by atoms with Gasteiger partial charge in [0.25, 0.3) is 0 Å². The number of hydrogen-bond acceptors (Lipinski definition) is 2. The molecule has 1 N–H and O–H groups in total. The molecular weight excluding hydrogens is 276 g/mol. The van der Waals surface area contributed by atoms with E-state index in [9.17, 15) is 9.59 Å². The number of amides is 2. The van der Waals surface area contributed by atoms with Gasteiger partial charge in [-0.25, -0.2) is 0 Å². The number of fused-ring (bicyclic) bond motifs is 1. The quantitative estimate of drug-likeness (QED) is 0.942. The summed E-state index contributed by atoms with van der Waals surface area (Å²) in [5.74, 6) is -0.176. The molecule has 4 heteroatoms. The summed E-state index contributed by atoms with van der Waals surface area (Å²) in [5, 5.41) is 2.93. The lowest BCUT2D eigenvalue weighted by atomic mass is 9.92. The molecule has 0 unspecified atom stereocenters. The molecule has 4 nitrogen and oxygen atoms in total. The smallest absolute Gasteiger partial charge is 0.247 e. The van der Waals surface area contributed by atoms with Gasteiger partial charge < -0.3 is 10.2 Å². The molecule has 0 bridgehead atoms. The van der Waals surface area contributed by atoms with Crippen LogP contribution >= 0.6 is 0 Å². The Bertz CT molecular complexity index is 697. The van der Waals surface area contributed by atoms with Gasteiger partial charge in [0.2, 0.25) is 11.8 Å². The zero-order chi connectivity index (χ0) is 15.5. The highest BCUT2D eigenvalue weighted by atomic mass is 16.2. The Morgan fingerprint density at radius 3 is 2.59 bits per heavy atom. The van der Waals surface area contributed by atoms with Gasteiger partial charge >= 0.3 is 0 Å². The highest BCUT2D eigenvalue weighted by molar-refractivity contribution is 5.92. The number of hydrogen-bond donors (Lipinski definition) is 1. The van der Waals surface area contributed by atoms with E-state index in [1.165, 1.54) is 4.90 Å². The van der Waals surface area contributed by atoms with Gasteiger partial charge in [-0.15, -0.1) is 0 Å². The first kappa shape index (κ1) is 14.3. The Morgan fingerprint density at radius 1 is 1.14 bits per heavy atom. The predicted octanol–water partition coefficient (Wildman–Crippen LogP) is 2.06. The van der Waals surface area contributed by atoms with Crippen LogP contribution in [0, 0.1) is 0 Å². The van der Waals surface area contributed by atoms with Gasteiger partial charge in [0.15, 0.2) is 0 Å². The molecule has 0 fully saturated rings. The van der Waals surface area contributed by atoms with Gasteiger partial charge in [-0.05, 0) is 16.7 Å². The third-order valence-corrected chi connectivity index (χ3v) is 4.03. The third kappa shape index (κ3) is 2.72. The Labute approximate surface area is 129 Å². The van der Waals surface area contributed by atoms with Gasteiger partial charge in [-0.2, -0.15) is 0 Å². The first-order chi connectivity index (χ1) is 10.7. The second-order valence-corrected chi connectivity index (χ2v) is 5.49. The van der Waals surface area contributed by atoms with E-state index in [2.05, 4.69) is 5.32 Å². The number of carbonyl (C=O) groups is 2. The molecule has 0 radical (unpaired) electrons. The first-order valence-corrected chi connectivity index (χ1v) is 7.32. The standard InChI is InChI=1S/C18H18N2O2/c1-20-16(21)11-14-9-5-6-10-15(14)17(20)18(22)19-12-13-7-3-2-4-8-13/h2-10,17H,11-12H2,1H3,(H,19,22)/t17-/m0/s1. The number of benzene rings is 2. The maximum absolute atomic E-state index is 12.6. The Hall–Kier alpha value is -2.62. The lowest BCUT2D eigenvalue weighted by Gasteiger charge is -2.33. The van der Waals surface area contributed by atoms with Crippen molar-refractivity contribution in [2.75, 3.05) is 7.05 Å². The van der Waals surface area contributed by atoms with Crippen LogP contribution in [0.3, 0.4) is 0 Å². The summed E-state index contributed by atoms with van der Waals surface area (Å²) in [4.78, 5) is 26.2. The van der Waals surface area contributed by atoms with Crippen LogP contribution in [0.4, 0.5) is 0 Å². The minimum atomic E-state index is -0.554. The summed E-state index contributed by atoms with van der Waals surface area (Å²) >= 11 is 0. The van der Waals surface area contributed by atoms with Gasteiger partial charge in [0.05, 0.1) is 6.42 Å². The van der Waals surface area contributed by atoms with Gasteiger partial charge in [-0.1, -0.05) is 54.6 Å². The minimum Gasteiger partial charge on any atom is -0.350 e. The zero-order valence-corrected chi connectivity index (χ0v) is 12.5. The van der Waals surface area contributed by atoms with Crippen molar-refractivity contribution in [3.63, 3.8) is 0 Å². The predicted molar refractivity (Wildman–Crippen MR) is 83.9 cm³/mol. The van der Waals surface area contributed by atoms with E-state index in [0.717, 1.165) is 16.7 Å². The molecule has 1 heterocycles. The Balaban J connectivity index is 1.80. The molecule has 1 aliphatic heterocycles. The third-order valence-electron chi connectivity index (χ3n) is 4.03. The van der Waals surface area contributed by atoms with Crippen LogP contribution in [-0.4, -0.2) is 23.8 Å². The summed E-state index contributed by atoms with van der Waals surface area (Å²) in [6, 6.07) is 16.8. The molecule has 112 valence electrons. The van der Waals surface area contributed by atoms with Crippen molar-refractivity contribution in [2.24, 2.45) is 0 Å². The number of nitrogens with zero attached hydrogens (tertiary/aromatic N) is 1. The zero-order valence-electron chi connectivity index (χ0n) is 12.5. The summed E-state index contributed by atoms with van der Waals surface area (Å²) in [6.07, 6.45) is 0.356. The maximum Gasteiger partial charge on any atom is 0.247 e. The Morgan fingerprint density at radius 2 is 1.82 bits per heavy atom. The van der Waals surface area contributed by atoms with Crippen molar-refractivity contribution >= 4 is 11.8 Å². The van der Waals surface area contributed by atoms with Crippen molar-refractivity contribution in [1.82, 2.24) is 10.2 Å². The fourth-order valence-electron chi connectivity index (χ4n) is 2.80. The molecular formula is C18H18N2O2. The van der Waals surface area contributed by atoms with E-state index < -0.39 is 6.04 Å². The van der Waals surface area contributed by atoms with Crippen molar-refractivity contribution in [3.8, 4) is 0 Å². The molecule has 1 atom stereocenters. The van der Waals surface area contributed by atoms with Crippen LogP contribution in [0.1, 0.15) is 22.7 Å². The molecule has 3 rings (SSSR count). The molecule has 0 aliphatic carbocycles. The largest absolute Gasteiger partial charge is 0.350 e. The average molecular weight is 294 g/mol. The van der Waals surface area contributed by atoms with Crippen molar-refractivity contribution in [1.29, 1.82) is 0 Å². The number of rotatable bonds is 3. The number of likely N-dealkylation sites (N-methyl/N-ethyl adjacent to an activating group) is 1. The minimum absolute atomic E-state index is 0.0291. The highest BCUT2D eigenvalue weighted by Gasteiger charge is 2.34. The summed E-state index contributed by atoms with van der Waals surface area (Å²) < 4.78 is 0. The van der Waals surface area contributed by atoms with E-state index in [1.807, 2.05) is 54.6 Å². The van der Waals surface area contributed by atoms with E-state index >= 15 is 0 Å². The van der Waals surface area contributed by atoms with Crippen LogP contribution in [0.2, 0.25) is 0 Å². The second-order valence-electron chi connectivity index (χ2n) is 5.49. The summed E-state index contributed by atoms with van der Waals surface area (Å²) in [5.41, 5.74) is 2.88. The molecule has 2 aromatic carbocycles. The molecule has 22 heavy (non-hydrogen) atoms. The summed E-state index contributed by atoms with van der Waals surface area (Å²) in [7, 11) is 1.69. The molecule has 0 saturated heterocycles. The monoisotopic (exact) mass is 294 g/mol. The van der Waals surface area contributed by atoms with Crippen molar-refractivity contribution in [2.45, 2.75) is 19.0 Å². The first-order valence-electron chi connectivity index (χ1n) is 7.32. The van der Waals surface area contributed by atoms with Crippen molar-refractivity contribution < 1.29 is 9.59 Å². The van der Waals surface area contributed by atoms with Gasteiger partial charge in [0, 0.05) is 13.6 Å². The summed E-state index contributed by atoms with van der Waals surface area (Å²) in [6.45, 7) is 0.459. The lowest BCUT2D eigenvalue weighted by Crippen LogP contribution is -2.45. The molecule has 1 aliphatic rings. The topological polar surface area (TPSA) is 49.4 Å². The molecule has 0 saturated carbocycles.